The molecule has 150 valence electrons. The van der Waals surface area contributed by atoms with E-state index in [4.69, 9.17) is 5.73 Å². The Balaban J connectivity index is 2.13. The van der Waals surface area contributed by atoms with Gasteiger partial charge in [-0.2, -0.15) is 0 Å². The smallest absolute Gasteiger partial charge is 0.0234 e. The van der Waals surface area contributed by atoms with E-state index in [0.29, 0.717) is 0 Å². The molecular weight excluding hydrogens is 318 g/mol. The van der Waals surface area contributed by atoms with Crippen LogP contribution in [0.1, 0.15) is 76.7 Å². The molecule has 0 atom stereocenters. The molecule has 0 fully saturated rings. The van der Waals surface area contributed by atoms with Crippen molar-refractivity contribution in [3.8, 4) is 0 Å². The Kier molecular flexibility index (Phi) is 15.6. The quantitative estimate of drug-likeness (QED) is 0.363. The van der Waals surface area contributed by atoms with Gasteiger partial charge in [-0.3, -0.25) is 4.90 Å². The van der Waals surface area contributed by atoms with Crippen LogP contribution in [0.2, 0.25) is 0 Å². The largest absolute Gasteiger partial charge is 0.329 e. The molecule has 0 aliphatic carbocycles. The van der Waals surface area contributed by atoms with E-state index in [9.17, 15) is 0 Å². The molecule has 0 unspecified atom stereocenters. The lowest BCUT2D eigenvalue weighted by Crippen LogP contribution is -2.34. The van der Waals surface area contributed by atoms with Crippen molar-refractivity contribution in [3.05, 3.63) is 35.9 Å². The molecule has 0 bridgehead atoms. The van der Waals surface area contributed by atoms with Gasteiger partial charge in [0, 0.05) is 32.7 Å². The van der Waals surface area contributed by atoms with Crippen LogP contribution < -0.4 is 11.1 Å². The van der Waals surface area contributed by atoms with Crippen LogP contribution in [-0.2, 0) is 6.54 Å². The summed E-state index contributed by atoms with van der Waals surface area (Å²) in [4.78, 5) is 2.59. The molecule has 3 nitrogen and oxygen atoms in total. The van der Waals surface area contributed by atoms with Gasteiger partial charge in [0.1, 0.15) is 0 Å². The van der Waals surface area contributed by atoms with Crippen LogP contribution >= 0.6 is 0 Å². The van der Waals surface area contributed by atoms with Gasteiger partial charge in [-0.1, -0.05) is 95.0 Å². The average Bonchev–Trinajstić information content (AvgIpc) is 2.67. The van der Waals surface area contributed by atoms with Gasteiger partial charge in [0.25, 0.3) is 0 Å². The van der Waals surface area contributed by atoms with Crippen molar-refractivity contribution < 1.29 is 0 Å². The Hall–Kier alpha value is -0.900. The van der Waals surface area contributed by atoms with Crippen LogP contribution in [0.3, 0.4) is 0 Å². The van der Waals surface area contributed by atoms with Gasteiger partial charge in [0.05, 0.1) is 0 Å². The van der Waals surface area contributed by atoms with E-state index in [-0.39, 0.29) is 0 Å². The highest BCUT2D eigenvalue weighted by Gasteiger charge is 2.05. The number of nitrogens with two attached hydrogens (primary N) is 1. The molecule has 1 rings (SSSR count). The normalized spacial score (nSPS) is 11.3. The van der Waals surface area contributed by atoms with Crippen molar-refractivity contribution >= 4 is 0 Å². The topological polar surface area (TPSA) is 41.3 Å². The molecule has 0 aromatic heterocycles. The zero-order chi connectivity index (χ0) is 18.7. The molecule has 1 aromatic rings. The first-order chi connectivity index (χ1) is 12.9. The van der Waals surface area contributed by atoms with E-state index < -0.39 is 0 Å². The third kappa shape index (κ3) is 13.3. The summed E-state index contributed by atoms with van der Waals surface area (Å²) in [6.07, 6.45) is 14.0. The van der Waals surface area contributed by atoms with Crippen molar-refractivity contribution in [1.82, 2.24) is 10.2 Å². The van der Waals surface area contributed by atoms with Crippen molar-refractivity contribution in [3.63, 3.8) is 0 Å². The second kappa shape index (κ2) is 17.5. The maximum absolute atomic E-state index is 5.56. The number of hydrogen-bond donors (Lipinski definition) is 2. The summed E-state index contributed by atoms with van der Waals surface area (Å²) in [7, 11) is 0. The summed E-state index contributed by atoms with van der Waals surface area (Å²) in [5.41, 5.74) is 6.98. The number of benzene rings is 1. The summed E-state index contributed by atoms with van der Waals surface area (Å²) in [6.45, 7) is 8.32. The summed E-state index contributed by atoms with van der Waals surface area (Å²) in [5, 5.41) is 3.42. The number of nitrogens with zero attached hydrogens (tertiary/aromatic N) is 1. The predicted octanol–water partition coefficient (Wildman–Crippen LogP) is 4.96. The Morgan fingerprint density at radius 2 is 1.38 bits per heavy atom. The maximum atomic E-state index is 5.56. The summed E-state index contributed by atoms with van der Waals surface area (Å²) in [5.74, 6) is 0. The molecule has 26 heavy (non-hydrogen) atoms. The Morgan fingerprint density at radius 1 is 0.769 bits per heavy atom. The van der Waals surface area contributed by atoms with Gasteiger partial charge >= 0.3 is 0 Å². The Bertz CT molecular complexity index is 394. The van der Waals surface area contributed by atoms with E-state index >= 15 is 0 Å². The number of unbranched alkanes of at least 4 members (excludes halogenated alkanes) is 9. The lowest BCUT2D eigenvalue weighted by Gasteiger charge is -2.22. The SMILES string of the molecule is CCCCCCCCCCCCN(CCNCCN)Cc1ccccc1. The number of hydrogen-bond acceptors (Lipinski definition) is 3. The molecule has 1 aromatic carbocycles. The summed E-state index contributed by atoms with van der Waals surface area (Å²) < 4.78 is 0. The first-order valence-corrected chi connectivity index (χ1v) is 11.0. The van der Waals surface area contributed by atoms with Gasteiger partial charge < -0.3 is 11.1 Å². The number of rotatable bonds is 18. The van der Waals surface area contributed by atoms with Gasteiger partial charge in [-0.05, 0) is 18.5 Å². The summed E-state index contributed by atoms with van der Waals surface area (Å²) >= 11 is 0. The van der Waals surface area contributed by atoms with Crippen LogP contribution in [0.5, 0.6) is 0 Å². The molecule has 0 spiro atoms. The second-order valence-corrected chi connectivity index (χ2v) is 7.48. The molecule has 0 amide bonds. The maximum Gasteiger partial charge on any atom is 0.0234 e. The van der Waals surface area contributed by atoms with Crippen molar-refractivity contribution in [2.75, 3.05) is 32.7 Å². The van der Waals surface area contributed by atoms with Gasteiger partial charge in [0.2, 0.25) is 0 Å². The van der Waals surface area contributed by atoms with Crippen molar-refractivity contribution in [2.24, 2.45) is 5.73 Å². The zero-order valence-corrected chi connectivity index (χ0v) is 17.2. The second-order valence-electron chi connectivity index (χ2n) is 7.48. The molecule has 3 N–H and O–H groups in total. The standard InChI is InChI=1S/C23H43N3/c1-2-3-4-5-6-7-8-9-10-14-20-26(21-19-25-18-17-24)22-23-15-12-11-13-16-23/h11-13,15-16,25H,2-10,14,17-22,24H2,1H3. The van der Waals surface area contributed by atoms with Crippen LogP contribution in [0.15, 0.2) is 30.3 Å². The summed E-state index contributed by atoms with van der Waals surface area (Å²) in [6, 6.07) is 10.8. The number of nitrogens with one attached hydrogen (secondary N) is 1. The highest BCUT2D eigenvalue weighted by Crippen LogP contribution is 2.11. The molecular formula is C23H43N3. The third-order valence-corrected chi connectivity index (χ3v) is 5.00. The van der Waals surface area contributed by atoms with Crippen LogP contribution in [0.4, 0.5) is 0 Å². The van der Waals surface area contributed by atoms with E-state index in [1.807, 2.05) is 0 Å². The first-order valence-electron chi connectivity index (χ1n) is 11.0. The lowest BCUT2D eigenvalue weighted by atomic mass is 10.1. The Morgan fingerprint density at radius 3 is 2.00 bits per heavy atom. The minimum absolute atomic E-state index is 0.719. The minimum Gasteiger partial charge on any atom is -0.329 e. The Labute approximate surface area is 162 Å². The fraction of sp³-hybridized carbons (Fsp3) is 0.739. The van der Waals surface area contributed by atoms with Gasteiger partial charge in [-0.15, -0.1) is 0 Å². The molecule has 0 saturated carbocycles. The van der Waals surface area contributed by atoms with E-state index in [1.165, 1.54) is 76.3 Å². The zero-order valence-electron chi connectivity index (χ0n) is 17.2. The fourth-order valence-corrected chi connectivity index (χ4v) is 3.40. The predicted molar refractivity (Wildman–Crippen MR) is 115 cm³/mol. The van der Waals surface area contributed by atoms with Crippen LogP contribution in [0.25, 0.3) is 0 Å². The van der Waals surface area contributed by atoms with E-state index in [1.54, 1.807) is 0 Å². The molecule has 0 saturated heterocycles. The average molecular weight is 362 g/mol. The molecule has 0 radical (unpaired) electrons. The molecule has 0 heterocycles. The van der Waals surface area contributed by atoms with Gasteiger partial charge in [0.15, 0.2) is 0 Å². The van der Waals surface area contributed by atoms with Gasteiger partial charge in [-0.25, -0.2) is 0 Å². The third-order valence-electron chi connectivity index (χ3n) is 5.00. The first kappa shape index (κ1) is 23.1. The monoisotopic (exact) mass is 361 g/mol. The lowest BCUT2D eigenvalue weighted by molar-refractivity contribution is 0.258. The fourth-order valence-electron chi connectivity index (χ4n) is 3.40. The highest BCUT2D eigenvalue weighted by molar-refractivity contribution is 5.14. The minimum atomic E-state index is 0.719. The van der Waals surface area contributed by atoms with Crippen molar-refractivity contribution in [1.29, 1.82) is 0 Å². The molecule has 3 heteroatoms. The van der Waals surface area contributed by atoms with Crippen molar-refractivity contribution in [2.45, 2.75) is 77.7 Å². The molecule has 0 aliphatic heterocycles. The molecule has 0 aliphatic rings. The van der Waals surface area contributed by atoms with Crippen LogP contribution in [0, 0.1) is 0 Å². The highest BCUT2D eigenvalue weighted by atomic mass is 15.1. The van der Waals surface area contributed by atoms with Crippen LogP contribution in [-0.4, -0.2) is 37.6 Å². The van der Waals surface area contributed by atoms with E-state index in [2.05, 4.69) is 47.5 Å². The van der Waals surface area contributed by atoms with E-state index in [0.717, 1.165) is 32.7 Å².